The number of methoxy groups -OCH3 is 1. The fraction of sp³-hybridized carbons (Fsp3) is 0.357. The maximum absolute atomic E-state index is 9.23. The van der Waals surface area contributed by atoms with Crippen molar-refractivity contribution in [1.29, 1.82) is 0 Å². The van der Waals surface area contributed by atoms with Crippen molar-refractivity contribution < 1.29 is 9.84 Å². The molecule has 0 aromatic heterocycles. The number of aromatic hydroxyl groups is 1. The highest BCUT2D eigenvalue weighted by Gasteiger charge is 2.25. The number of phenolic OH excluding ortho intramolecular Hbond substituents is 1. The average molecular weight is 418 g/mol. The molecular formula is C28H35NO2. The lowest BCUT2D eigenvalue weighted by molar-refractivity contribution is 0.105. The zero-order valence-corrected chi connectivity index (χ0v) is 18.6. The lowest BCUT2D eigenvalue weighted by Crippen LogP contribution is -2.42. The molecule has 164 valence electrons. The van der Waals surface area contributed by atoms with Crippen molar-refractivity contribution in [2.45, 2.75) is 44.6 Å². The van der Waals surface area contributed by atoms with Gasteiger partial charge in [-0.3, -0.25) is 0 Å². The Morgan fingerprint density at radius 2 is 1.32 bits per heavy atom. The van der Waals surface area contributed by atoms with Crippen LogP contribution < -0.4 is 4.74 Å². The normalized spacial score (nSPS) is 15.6. The quantitative estimate of drug-likeness (QED) is 0.482. The number of rotatable bonds is 2. The van der Waals surface area contributed by atoms with Crippen LogP contribution in [0.5, 0.6) is 11.5 Å². The highest BCUT2D eigenvalue weighted by Crippen LogP contribution is 2.27. The molecule has 1 saturated carbocycles. The second kappa shape index (κ2) is 14.1. The number of fused-ring (bicyclic) bond motifs is 1. The summed E-state index contributed by atoms with van der Waals surface area (Å²) in [6.45, 7) is 2.79. The first-order valence-corrected chi connectivity index (χ1v) is 11.1. The molecule has 1 aliphatic carbocycles. The van der Waals surface area contributed by atoms with Gasteiger partial charge in [0, 0.05) is 6.04 Å². The summed E-state index contributed by atoms with van der Waals surface area (Å²) in [4.78, 5) is 2.70. The van der Waals surface area contributed by atoms with E-state index in [2.05, 4.69) is 17.7 Å². The fourth-order valence-electron chi connectivity index (χ4n) is 3.76. The van der Waals surface area contributed by atoms with Crippen LogP contribution in [0.3, 0.4) is 0 Å². The molecular weight excluding hydrogens is 382 g/mol. The molecule has 2 fully saturated rings. The van der Waals surface area contributed by atoms with Crippen LogP contribution in [0, 0.1) is 12.8 Å². The minimum absolute atomic E-state index is 0.290. The van der Waals surface area contributed by atoms with Crippen molar-refractivity contribution in [2.24, 2.45) is 0 Å². The molecule has 3 aromatic carbocycles. The first kappa shape index (κ1) is 24.3. The number of likely N-dealkylation sites (tertiary alicyclic amines) is 1. The number of piperidine rings is 1. The Balaban J connectivity index is 0.000000168. The molecule has 1 aliphatic heterocycles. The van der Waals surface area contributed by atoms with Crippen LogP contribution in [-0.4, -0.2) is 36.2 Å². The van der Waals surface area contributed by atoms with E-state index in [0.29, 0.717) is 0 Å². The standard InChI is InChI=1S/C11H10O2.C9H17N.C6H6.C2H2/c1-13-11-5-3-8-6-10(12)4-2-9(8)7-11;1-2-7-10(8-3-1)9-5-4-6-9;1-2-4-6-5-3-1;1-2/h2-7,12H,1H3;9H,1-8H2;1-6H;1-2H. The number of terminal acetylenes is 1. The van der Waals surface area contributed by atoms with E-state index in [4.69, 9.17) is 4.74 Å². The smallest absolute Gasteiger partial charge is 0.119 e. The first-order valence-electron chi connectivity index (χ1n) is 11.1. The van der Waals surface area contributed by atoms with Crippen LogP contribution in [0.1, 0.15) is 38.5 Å². The van der Waals surface area contributed by atoms with Gasteiger partial charge in [-0.15, -0.1) is 12.8 Å². The average Bonchev–Trinajstić information content (AvgIpc) is 2.82. The number of hydrogen-bond donors (Lipinski definition) is 1. The van der Waals surface area contributed by atoms with Gasteiger partial charge in [-0.05, 0) is 73.8 Å². The van der Waals surface area contributed by atoms with Crippen molar-refractivity contribution >= 4 is 10.8 Å². The minimum Gasteiger partial charge on any atom is -0.508 e. The summed E-state index contributed by atoms with van der Waals surface area (Å²) in [7, 11) is 1.64. The van der Waals surface area contributed by atoms with Crippen molar-refractivity contribution in [3.63, 3.8) is 0 Å². The first-order chi connectivity index (χ1) is 15.3. The van der Waals surface area contributed by atoms with Gasteiger partial charge in [-0.25, -0.2) is 0 Å². The molecule has 3 nitrogen and oxygen atoms in total. The van der Waals surface area contributed by atoms with Crippen LogP contribution in [0.2, 0.25) is 0 Å². The van der Waals surface area contributed by atoms with Gasteiger partial charge < -0.3 is 14.7 Å². The van der Waals surface area contributed by atoms with E-state index in [1.165, 1.54) is 51.6 Å². The Hall–Kier alpha value is -2.96. The van der Waals surface area contributed by atoms with E-state index in [0.717, 1.165) is 22.6 Å². The monoisotopic (exact) mass is 417 g/mol. The van der Waals surface area contributed by atoms with Gasteiger partial charge in [-0.2, -0.15) is 0 Å². The number of nitrogens with zero attached hydrogens (tertiary/aromatic N) is 1. The molecule has 1 saturated heterocycles. The van der Waals surface area contributed by atoms with Crippen LogP contribution in [0.4, 0.5) is 0 Å². The van der Waals surface area contributed by atoms with Gasteiger partial charge in [0.15, 0.2) is 0 Å². The third-order valence-electron chi connectivity index (χ3n) is 5.68. The molecule has 1 N–H and O–H groups in total. The fourth-order valence-corrected chi connectivity index (χ4v) is 3.76. The summed E-state index contributed by atoms with van der Waals surface area (Å²) in [6.07, 6.45) is 16.8. The summed E-state index contributed by atoms with van der Waals surface area (Å²) in [6, 6.07) is 24.0. The van der Waals surface area contributed by atoms with Crippen molar-refractivity contribution in [1.82, 2.24) is 4.90 Å². The molecule has 0 atom stereocenters. The van der Waals surface area contributed by atoms with E-state index < -0.39 is 0 Å². The molecule has 0 radical (unpaired) electrons. The van der Waals surface area contributed by atoms with Gasteiger partial charge in [0.2, 0.25) is 0 Å². The van der Waals surface area contributed by atoms with Crippen molar-refractivity contribution in [3.05, 3.63) is 72.8 Å². The van der Waals surface area contributed by atoms with Crippen LogP contribution in [-0.2, 0) is 0 Å². The topological polar surface area (TPSA) is 32.7 Å². The number of ether oxygens (including phenoxy) is 1. The molecule has 0 unspecified atom stereocenters. The third-order valence-corrected chi connectivity index (χ3v) is 5.68. The van der Waals surface area contributed by atoms with Gasteiger partial charge in [-0.1, -0.05) is 61.4 Å². The Labute approximate surface area is 187 Å². The Morgan fingerprint density at radius 3 is 1.84 bits per heavy atom. The van der Waals surface area contributed by atoms with E-state index in [1.807, 2.05) is 60.7 Å². The lowest BCUT2D eigenvalue weighted by atomic mass is 9.90. The largest absolute Gasteiger partial charge is 0.508 e. The second-order valence-electron chi connectivity index (χ2n) is 7.73. The van der Waals surface area contributed by atoms with Crippen LogP contribution >= 0.6 is 0 Å². The second-order valence-corrected chi connectivity index (χ2v) is 7.73. The molecule has 31 heavy (non-hydrogen) atoms. The Bertz CT molecular complexity index is 854. The Morgan fingerprint density at radius 1 is 0.774 bits per heavy atom. The molecule has 5 rings (SSSR count). The molecule has 0 bridgehead atoms. The maximum Gasteiger partial charge on any atom is 0.119 e. The number of benzene rings is 3. The van der Waals surface area contributed by atoms with E-state index >= 15 is 0 Å². The summed E-state index contributed by atoms with van der Waals surface area (Å²) < 4.78 is 5.09. The summed E-state index contributed by atoms with van der Waals surface area (Å²) in [5.41, 5.74) is 0. The van der Waals surface area contributed by atoms with E-state index in [-0.39, 0.29) is 5.75 Å². The van der Waals surface area contributed by atoms with Gasteiger partial charge in [0.25, 0.3) is 0 Å². The van der Waals surface area contributed by atoms with Gasteiger partial charge in [0.1, 0.15) is 11.5 Å². The van der Waals surface area contributed by atoms with Crippen LogP contribution in [0.25, 0.3) is 10.8 Å². The highest BCUT2D eigenvalue weighted by atomic mass is 16.5. The van der Waals surface area contributed by atoms with Gasteiger partial charge in [0.05, 0.1) is 7.11 Å². The predicted molar refractivity (Wildman–Crippen MR) is 132 cm³/mol. The van der Waals surface area contributed by atoms with Crippen molar-refractivity contribution in [3.8, 4) is 24.3 Å². The maximum atomic E-state index is 9.23. The molecule has 3 aromatic rings. The van der Waals surface area contributed by atoms with Crippen molar-refractivity contribution in [2.75, 3.05) is 20.2 Å². The molecule has 3 heteroatoms. The molecule has 0 amide bonds. The van der Waals surface area contributed by atoms with E-state index in [9.17, 15) is 5.11 Å². The third kappa shape index (κ3) is 8.36. The predicted octanol–water partition coefficient (Wildman–Crippen LogP) is 6.51. The number of hydrogen-bond acceptors (Lipinski definition) is 3. The SMILES string of the molecule is C#C.C1CCN(C2CCC2)CC1.COc1ccc2cc(O)ccc2c1.c1ccccc1. The lowest BCUT2D eigenvalue weighted by Gasteiger charge is -2.39. The minimum atomic E-state index is 0.290. The molecule has 0 spiro atoms. The molecule has 1 heterocycles. The molecule has 2 aliphatic rings. The van der Waals surface area contributed by atoms with E-state index in [1.54, 1.807) is 19.2 Å². The highest BCUT2D eigenvalue weighted by molar-refractivity contribution is 5.85. The summed E-state index contributed by atoms with van der Waals surface area (Å²) in [5, 5.41) is 11.3. The summed E-state index contributed by atoms with van der Waals surface area (Å²) >= 11 is 0. The van der Waals surface area contributed by atoms with Crippen LogP contribution in [0.15, 0.2) is 72.8 Å². The van der Waals surface area contributed by atoms with Gasteiger partial charge >= 0.3 is 0 Å². The zero-order chi connectivity index (χ0) is 22.3. The number of phenols is 1. The zero-order valence-electron chi connectivity index (χ0n) is 18.6. The Kier molecular flexibility index (Phi) is 11.1. The summed E-state index contributed by atoms with van der Waals surface area (Å²) in [5.74, 6) is 1.12.